The highest BCUT2D eigenvalue weighted by atomic mass is 16.6. The number of furan rings is 1. The van der Waals surface area contributed by atoms with Gasteiger partial charge in [0, 0.05) is 43.5 Å². The molecule has 1 amide bonds. The zero-order chi connectivity index (χ0) is 29.1. The lowest BCUT2D eigenvalue weighted by Gasteiger charge is -2.37. The quantitative estimate of drug-likeness (QED) is 0.221. The van der Waals surface area contributed by atoms with Crippen molar-refractivity contribution in [3.05, 3.63) is 107 Å². The number of hydrogen-bond acceptors (Lipinski definition) is 9. The lowest BCUT2D eigenvalue weighted by atomic mass is 10.1. The molecule has 42 heavy (non-hydrogen) atoms. The molecular formula is C31H30N6O5. The van der Waals surface area contributed by atoms with Crippen molar-refractivity contribution in [2.75, 3.05) is 55.1 Å². The molecule has 0 spiro atoms. The maximum atomic E-state index is 13.6. The molecule has 1 fully saturated rings. The lowest BCUT2D eigenvalue weighted by molar-refractivity contribution is -0.384. The second kappa shape index (κ2) is 11.8. The number of carbonyl (C=O) groups excluding carboxylic acids is 1. The first kappa shape index (κ1) is 27.0. The van der Waals surface area contributed by atoms with Crippen LogP contribution in [-0.2, 0) is 11.3 Å². The van der Waals surface area contributed by atoms with Crippen LogP contribution in [0.4, 0.5) is 28.4 Å². The Labute approximate surface area is 242 Å². The number of hydrogen-bond donors (Lipinski definition) is 1. The van der Waals surface area contributed by atoms with Crippen LogP contribution in [0.2, 0.25) is 0 Å². The number of fused-ring (bicyclic) bond motifs is 1. The molecule has 6 rings (SSSR count). The molecule has 1 aromatic heterocycles. The highest BCUT2D eigenvalue weighted by Gasteiger charge is 2.35. The molecule has 11 heteroatoms. The zero-order valence-corrected chi connectivity index (χ0v) is 23.1. The fourth-order valence-electron chi connectivity index (χ4n) is 5.26. The number of rotatable bonds is 9. The molecule has 0 unspecified atom stereocenters. The van der Waals surface area contributed by atoms with Crippen LogP contribution in [0.15, 0.2) is 94.5 Å². The number of piperazine rings is 1. The van der Waals surface area contributed by atoms with Crippen molar-refractivity contribution in [3.8, 4) is 5.75 Å². The van der Waals surface area contributed by atoms with Gasteiger partial charge in [-0.1, -0.05) is 18.2 Å². The summed E-state index contributed by atoms with van der Waals surface area (Å²) in [5, 5.41) is 14.8. The van der Waals surface area contributed by atoms with Crippen LogP contribution in [-0.4, -0.2) is 61.4 Å². The van der Waals surface area contributed by atoms with E-state index in [4.69, 9.17) is 14.1 Å². The van der Waals surface area contributed by atoms with Gasteiger partial charge in [0.05, 0.1) is 42.9 Å². The molecule has 214 valence electrons. The van der Waals surface area contributed by atoms with E-state index in [1.54, 1.807) is 30.4 Å². The number of nitro groups is 1. The Morgan fingerprint density at radius 3 is 2.50 bits per heavy atom. The van der Waals surface area contributed by atoms with Crippen LogP contribution in [0.3, 0.4) is 0 Å². The van der Waals surface area contributed by atoms with Gasteiger partial charge in [0.2, 0.25) is 0 Å². The summed E-state index contributed by atoms with van der Waals surface area (Å²) >= 11 is 0. The number of para-hydroxylation sites is 1. The molecule has 0 atom stereocenters. The molecule has 4 aromatic rings. The van der Waals surface area contributed by atoms with Crippen molar-refractivity contribution in [2.45, 2.75) is 6.54 Å². The van der Waals surface area contributed by atoms with Gasteiger partial charge in [-0.2, -0.15) is 0 Å². The molecule has 1 saturated heterocycles. The number of carbonyl (C=O) groups is 1. The van der Waals surface area contributed by atoms with Crippen LogP contribution in [0.5, 0.6) is 5.75 Å². The maximum Gasteiger partial charge on any atom is 0.292 e. The number of anilines is 3. The molecule has 0 bridgehead atoms. The van der Waals surface area contributed by atoms with Crippen molar-refractivity contribution in [1.82, 2.24) is 4.90 Å². The predicted molar refractivity (Wildman–Crippen MR) is 161 cm³/mol. The molecule has 0 aliphatic carbocycles. The van der Waals surface area contributed by atoms with E-state index in [9.17, 15) is 14.9 Å². The standard InChI is InChI=1S/C31H30N6O5/c1-41-24-11-8-22(9-12-24)33-30-26-6-2-3-7-28(26)36(31(30)38)21-34-14-16-35(17-15-34)23-10-13-29(37(39)40)27(19-23)32-20-25-5-4-18-42-25/h2-13,18-19,32H,14-17,20-21H2,1H3. The summed E-state index contributed by atoms with van der Waals surface area (Å²) in [5.41, 5.74) is 4.14. The highest BCUT2D eigenvalue weighted by Crippen LogP contribution is 2.33. The summed E-state index contributed by atoms with van der Waals surface area (Å²) in [6.07, 6.45) is 1.57. The minimum absolute atomic E-state index is 0.0160. The van der Waals surface area contributed by atoms with Crippen molar-refractivity contribution in [2.24, 2.45) is 4.99 Å². The van der Waals surface area contributed by atoms with Gasteiger partial charge in [-0.3, -0.25) is 24.7 Å². The van der Waals surface area contributed by atoms with Crippen LogP contribution in [0.25, 0.3) is 0 Å². The third-order valence-corrected chi connectivity index (χ3v) is 7.50. The first-order valence-electron chi connectivity index (χ1n) is 13.7. The Morgan fingerprint density at radius 2 is 1.79 bits per heavy atom. The summed E-state index contributed by atoms with van der Waals surface area (Å²) < 4.78 is 10.6. The first-order valence-corrected chi connectivity index (χ1v) is 13.7. The van der Waals surface area contributed by atoms with Crippen LogP contribution >= 0.6 is 0 Å². The van der Waals surface area contributed by atoms with E-state index in [1.165, 1.54) is 6.07 Å². The van der Waals surface area contributed by atoms with Gasteiger partial charge in [0.25, 0.3) is 11.6 Å². The number of benzene rings is 3. The van der Waals surface area contributed by atoms with Gasteiger partial charge in [-0.25, -0.2) is 4.99 Å². The second-order valence-corrected chi connectivity index (χ2v) is 10.0. The summed E-state index contributed by atoms with van der Waals surface area (Å²) in [4.78, 5) is 35.7. The topological polar surface area (TPSA) is 117 Å². The SMILES string of the molecule is COc1ccc(N=C2C(=O)N(CN3CCN(c4ccc([N+](=O)[O-])c(NCc5ccco5)c4)CC3)c3ccccc32)cc1. The molecule has 0 saturated carbocycles. The Hall–Kier alpha value is -5.16. The van der Waals surface area contributed by atoms with E-state index < -0.39 is 0 Å². The molecular weight excluding hydrogens is 536 g/mol. The van der Waals surface area contributed by atoms with E-state index in [0.29, 0.717) is 49.1 Å². The Balaban J connectivity index is 1.13. The monoisotopic (exact) mass is 566 g/mol. The number of methoxy groups -OCH3 is 1. The van der Waals surface area contributed by atoms with Crippen LogP contribution < -0.4 is 19.9 Å². The normalized spacial score (nSPS) is 16.1. The summed E-state index contributed by atoms with van der Waals surface area (Å²) in [6, 6.07) is 23.8. The van der Waals surface area contributed by atoms with E-state index >= 15 is 0 Å². The minimum Gasteiger partial charge on any atom is -0.497 e. The minimum atomic E-state index is -0.386. The summed E-state index contributed by atoms with van der Waals surface area (Å²) in [7, 11) is 1.61. The average Bonchev–Trinajstić information content (AvgIpc) is 3.63. The first-order chi connectivity index (χ1) is 20.5. The van der Waals surface area contributed by atoms with Crippen molar-refractivity contribution < 1.29 is 18.9 Å². The maximum absolute atomic E-state index is 13.6. The number of amides is 1. The fourth-order valence-corrected chi connectivity index (χ4v) is 5.26. The van der Waals surface area contributed by atoms with Gasteiger partial charge in [-0.05, 0) is 54.6 Å². The van der Waals surface area contributed by atoms with E-state index in [2.05, 4.69) is 15.1 Å². The van der Waals surface area contributed by atoms with E-state index in [0.717, 1.165) is 35.8 Å². The Morgan fingerprint density at radius 1 is 1.00 bits per heavy atom. The zero-order valence-electron chi connectivity index (χ0n) is 23.1. The molecule has 2 aliphatic rings. The second-order valence-electron chi connectivity index (χ2n) is 10.0. The van der Waals surface area contributed by atoms with Gasteiger partial charge >= 0.3 is 0 Å². The molecule has 11 nitrogen and oxygen atoms in total. The highest BCUT2D eigenvalue weighted by molar-refractivity contribution is 6.54. The number of aliphatic imine (C=N–C) groups is 1. The molecule has 1 N–H and O–H groups in total. The van der Waals surface area contributed by atoms with Gasteiger partial charge < -0.3 is 19.4 Å². The van der Waals surface area contributed by atoms with Gasteiger partial charge in [0.1, 0.15) is 22.9 Å². The molecule has 2 aliphatic heterocycles. The van der Waals surface area contributed by atoms with Crippen molar-refractivity contribution >= 4 is 40.1 Å². The third kappa shape index (κ3) is 5.54. The number of nitro benzene ring substituents is 1. The number of nitrogens with zero attached hydrogens (tertiary/aromatic N) is 5. The summed E-state index contributed by atoms with van der Waals surface area (Å²) in [6.45, 7) is 3.67. The third-order valence-electron chi connectivity index (χ3n) is 7.50. The van der Waals surface area contributed by atoms with E-state index in [1.807, 2.05) is 60.7 Å². The van der Waals surface area contributed by atoms with Crippen LogP contribution in [0, 0.1) is 10.1 Å². The smallest absolute Gasteiger partial charge is 0.292 e. The van der Waals surface area contributed by atoms with E-state index in [-0.39, 0.29) is 16.5 Å². The fraction of sp³-hybridized carbons (Fsp3) is 0.226. The molecule has 0 radical (unpaired) electrons. The van der Waals surface area contributed by atoms with Crippen molar-refractivity contribution in [1.29, 1.82) is 0 Å². The number of ether oxygens (including phenoxy) is 1. The van der Waals surface area contributed by atoms with Crippen molar-refractivity contribution in [3.63, 3.8) is 0 Å². The predicted octanol–water partition coefficient (Wildman–Crippen LogP) is 5.06. The Bertz CT molecular complexity index is 1610. The largest absolute Gasteiger partial charge is 0.497 e. The van der Waals surface area contributed by atoms with Gasteiger partial charge in [0.15, 0.2) is 0 Å². The Kier molecular flexibility index (Phi) is 7.56. The van der Waals surface area contributed by atoms with Crippen LogP contribution in [0.1, 0.15) is 11.3 Å². The van der Waals surface area contributed by atoms with Gasteiger partial charge in [-0.15, -0.1) is 0 Å². The molecule has 3 heterocycles. The summed E-state index contributed by atoms with van der Waals surface area (Å²) in [5.74, 6) is 1.29. The average molecular weight is 567 g/mol. The molecule has 3 aromatic carbocycles. The lowest BCUT2D eigenvalue weighted by Crippen LogP contribution is -2.51. The number of nitrogens with one attached hydrogen (secondary N) is 1.